The Morgan fingerprint density at radius 2 is 1.42 bits per heavy atom. The van der Waals surface area contributed by atoms with Crippen LogP contribution in [0.5, 0.6) is 11.5 Å². The van der Waals surface area contributed by atoms with Crippen LogP contribution in [0.1, 0.15) is 23.5 Å². The number of rotatable bonds is 9. The molecular formula is C26H29NO6. The summed E-state index contributed by atoms with van der Waals surface area (Å²) in [5.74, 6) is -0.662. The molecule has 1 heterocycles. The average molecular weight is 452 g/mol. The van der Waals surface area contributed by atoms with E-state index in [0.717, 1.165) is 12.8 Å². The lowest BCUT2D eigenvalue weighted by atomic mass is 9.83. The van der Waals surface area contributed by atoms with Gasteiger partial charge in [0.15, 0.2) is 11.5 Å². The number of nitrogens with zero attached hydrogens (tertiary/aromatic N) is 1. The molecule has 7 nitrogen and oxygen atoms in total. The lowest BCUT2D eigenvalue weighted by Crippen LogP contribution is -2.29. The van der Waals surface area contributed by atoms with Crippen LogP contribution in [0.3, 0.4) is 0 Å². The minimum Gasteiger partial charge on any atom is -0.493 e. The number of aryl methyl sites for hydroxylation is 1. The second-order valence-corrected chi connectivity index (χ2v) is 7.53. The minimum atomic E-state index is -0.671. The van der Waals surface area contributed by atoms with Gasteiger partial charge in [0.25, 0.3) is 0 Å². The van der Waals surface area contributed by atoms with Crippen LogP contribution >= 0.6 is 0 Å². The van der Waals surface area contributed by atoms with Crippen molar-refractivity contribution in [1.29, 1.82) is 0 Å². The quantitative estimate of drug-likeness (QED) is 0.536. The normalized spacial score (nSPS) is 13.6. The maximum atomic E-state index is 12.8. The van der Waals surface area contributed by atoms with E-state index in [4.69, 9.17) is 18.9 Å². The first-order valence-corrected chi connectivity index (χ1v) is 10.6. The minimum absolute atomic E-state index is 0.340. The third kappa shape index (κ3) is 5.55. The smallest absolute Gasteiger partial charge is 0.336 e. The zero-order chi connectivity index (χ0) is 23.8. The molecule has 1 aliphatic rings. The van der Waals surface area contributed by atoms with Crippen LogP contribution in [-0.2, 0) is 25.5 Å². The third-order valence-corrected chi connectivity index (χ3v) is 5.54. The van der Waals surface area contributed by atoms with Crippen LogP contribution in [0.25, 0.3) is 0 Å². The summed E-state index contributed by atoms with van der Waals surface area (Å²) in [5.41, 5.74) is 2.59. The van der Waals surface area contributed by atoms with Crippen LogP contribution < -0.4 is 9.47 Å². The predicted octanol–water partition coefficient (Wildman–Crippen LogP) is 3.85. The van der Waals surface area contributed by atoms with Crippen molar-refractivity contribution in [3.63, 3.8) is 0 Å². The van der Waals surface area contributed by atoms with Crippen LogP contribution in [0.15, 0.2) is 72.1 Å². The summed E-state index contributed by atoms with van der Waals surface area (Å²) in [7, 11) is 5.73. The van der Waals surface area contributed by atoms with E-state index in [-0.39, 0.29) is 0 Å². The summed E-state index contributed by atoms with van der Waals surface area (Å²) in [6.45, 7) is 0.620. The van der Waals surface area contributed by atoms with Gasteiger partial charge < -0.3 is 23.8 Å². The lowest BCUT2D eigenvalue weighted by Gasteiger charge is -2.30. The van der Waals surface area contributed by atoms with E-state index in [9.17, 15) is 9.59 Å². The van der Waals surface area contributed by atoms with Crippen LogP contribution in [0.2, 0.25) is 0 Å². The van der Waals surface area contributed by atoms with Gasteiger partial charge in [-0.25, -0.2) is 9.59 Å². The number of hydrogen-bond donors (Lipinski definition) is 0. The zero-order valence-corrected chi connectivity index (χ0v) is 19.4. The second-order valence-electron chi connectivity index (χ2n) is 7.53. The van der Waals surface area contributed by atoms with Gasteiger partial charge in [-0.05, 0) is 36.1 Å². The second kappa shape index (κ2) is 11.2. The van der Waals surface area contributed by atoms with Crippen molar-refractivity contribution in [2.75, 3.05) is 35.0 Å². The molecule has 0 bridgehead atoms. The van der Waals surface area contributed by atoms with Crippen LogP contribution in [0.4, 0.5) is 0 Å². The molecule has 0 aromatic heterocycles. The highest BCUT2D eigenvalue weighted by molar-refractivity contribution is 5.98. The topological polar surface area (TPSA) is 74.3 Å². The molecule has 0 saturated heterocycles. The van der Waals surface area contributed by atoms with Gasteiger partial charge in [0, 0.05) is 18.9 Å². The van der Waals surface area contributed by atoms with E-state index in [1.165, 1.54) is 26.9 Å². The van der Waals surface area contributed by atoms with E-state index < -0.39 is 17.9 Å². The van der Waals surface area contributed by atoms with Crippen molar-refractivity contribution in [3.05, 3.63) is 83.2 Å². The molecule has 2 aromatic carbocycles. The highest BCUT2D eigenvalue weighted by Crippen LogP contribution is 2.40. The number of carbonyl (C=O) groups is 2. The van der Waals surface area contributed by atoms with Gasteiger partial charge in [0.2, 0.25) is 0 Å². The van der Waals surface area contributed by atoms with Crippen molar-refractivity contribution in [1.82, 2.24) is 4.90 Å². The summed E-state index contributed by atoms with van der Waals surface area (Å²) in [6.07, 6.45) is 5.19. The lowest BCUT2D eigenvalue weighted by molar-refractivity contribution is -0.137. The van der Waals surface area contributed by atoms with Gasteiger partial charge in [-0.1, -0.05) is 36.4 Å². The number of hydrogen-bond acceptors (Lipinski definition) is 7. The molecule has 0 saturated carbocycles. The van der Waals surface area contributed by atoms with Crippen molar-refractivity contribution in [2.24, 2.45) is 0 Å². The Morgan fingerprint density at radius 3 is 1.97 bits per heavy atom. The van der Waals surface area contributed by atoms with Gasteiger partial charge in [-0.3, -0.25) is 0 Å². The van der Waals surface area contributed by atoms with E-state index in [1.807, 2.05) is 23.1 Å². The first kappa shape index (κ1) is 23.9. The Balaban J connectivity index is 1.95. The molecule has 0 N–H and O–H groups in total. The molecule has 0 unspecified atom stereocenters. The number of benzene rings is 2. The monoisotopic (exact) mass is 451 g/mol. The van der Waals surface area contributed by atoms with Crippen molar-refractivity contribution in [2.45, 2.75) is 18.8 Å². The molecule has 3 rings (SSSR count). The zero-order valence-electron chi connectivity index (χ0n) is 19.4. The van der Waals surface area contributed by atoms with Gasteiger partial charge in [0.05, 0.1) is 45.5 Å². The maximum absolute atomic E-state index is 12.8. The van der Waals surface area contributed by atoms with Crippen molar-refractivity contribution < 1.29 is 28.5 Å². The molecule has 33 heavy (non-hydrogen) atoms. The Labute approximate surface area is 194 Å². The summed E-state index contributed by atoms with van der Waals surface area (Å²) in [6, 6.07) is 15.4. The first-order valence-electron chi connectivity index (χ1n) is 10.6. The summed E-state index contributed by atoms with van der Waals surface area (Å²) >= 11 is 0. The summed E-state index contributed by atoms with van der Waals surface area (Å²) < 4.78 is 20.9. The van der Waals surface area contributed by atoms with Gasteiger partial charge >= 0.3 is 11.9 Å². The van der Waals surface area contributed by atoms with Crippen molar-refractivity contribution in [3.8, 4) is 11.5 Å². The molecule has 0 amide bonds. The molecule has 174 valence electrons. The standard InChI is InChI=1S/C26H29NO6/c1-30-22-13-12-19(15-23(22)31-2)24-20(25(28)32-3)16-27(17-21(24)26(29)33-4)14-8-11-18-9-6-5-7-10-18/h5-7,9-10,12-13,15-17,24H,8,11,14H2,1-4H3. The van der Waals surface area contributed by atoms with Gasteiger partial charge in [0.1, 0.15) is 0 Å². The molecular weight excluding hydrogens is 422 g/mol. The summed E-state index contributed by atoms with van der Waals surface area (Å²) in [5, 5.41) is 0. The Hall–Kier alpha value is -3.74. The molecule has 0 spiro atoms. The fourth-order valence-corrected chi connectivity index (χ4v) is 3.92. The Bertz CT molecular complexity index is 1010. The number of ether oxygens (including phenoxy) is 4. The van der Waals surface area contributed by atoms with Gasteiger partial charge in [-0.2, -0.15) is 0 Å². The molecule has 0 radical (unpaired) electrons. The van der Waals surface area contributed by atoms with Crippen LogP contribution in [-0.4, -0.2) is 51.8 Å². The highest BCUT2D eigenvalue weighted by Gasteiger charge is 2.35. The summed E-state index contributed by atoms with van der Waals surface area (Å²) in [4.78, 5) is 27.4. The molecule has 2 aromatic rings. The molecule has 1 aliphatic heterocycles. The third-order valence-electron chi connectivity index (χ3n) is 5.54. The fourth-order valence-electron chi connectivity index (χ4n) is 3.92. The SMILES string of the molecule is COC(=O)C1=CN(CCCc2ccccc2)C=C(C(=O)OC)C1c1ccc(OC)c(OC)c1. The number of carbonyl (C=O) groups excluding carboxylic acids is 2. The first-order chi connectivity index (χ1) is 16.0. The molecule has 0 fully saturated rings. The fraction of sp³-hybridized carbons (Fsp3) is 0.308. The number of methoxy groups -OCH3 is 4. The van der Waals surface area contributed by atoms with Crippen LogP contribution in [0, 0.1) is 0 Å². The maximum Gasteiger partial charge on any atom is 0.336 e. The average Bonchev–Trinajstić information content (AvgIpc) is 2.87. The molecule has 0 aliphatic carbocycles. The molecule has 7 heteroatoms. The van der Waals surface area contributed by atoms with E-state index >= 15 is 0 Å². The predicted molar refractivity (Wildman–Crippen MR) is 124 cm³/mol. The highest BCUT2D eigenvalue weighted by atomic mass is 16.5. The Kier molecular flexibility index (Phi) is 8.13. The van der Waals surface area contributed by atoms with E-state index in [1.54, 1.807) is 37.7 Å². The van der Waals surface area contributed by atoms with E-state index in [0.29, 0.717) is 34.8 Å². The Morgan fingerprint density at radius 1 is 0.818 bits per heavy atom. The molecule has 0 atom stereocenters. The van der Waals surface area contributed by atoms with E-state index in [2.05, 4.69) is 12.1 Å². The number of esters is 2. The largest absolute Gasteiger partial charge is 0.493 e. The van der Waals surface area contributed by atoms with Gasteiger partial charge in [-0.15, -0.1) is 0 Å². The van der Waals surface area contributed by atoms with Crippen molar-refractivity contribution >= 4 is 11.9 Å².